The summed E-state index contributed by atoms with van der Waals surface area (Å²) in [4.78, 5) is 11.1. The predicted octanol–water partition coefficient (Wildman–Crippen LogP) is 2.47. The van der Waals surface area contributed by atoms with Crippen LogP contribution in [0.3, 0.4) is 0 Å². The van der Waals surface area contributed by atoms with Crippen molar-refractivity contribution in [1.82, 2.24) is 9.80 Å². The van der Waals surface area contributed by atoms with Crippen LogP contribution in [-0.2, 0) is 0 Å². The van der Waals surface area contributed by atoms with Crippen LogP contribution in [0.1, 0.15) is 5.56 Å². The van der Waals surface area contributed by atoms with E-state index < -0.39 is 6.09 Å². The van der Waals surface area contributed by atoms with Gasteiger partial charge in [-0.15, -0.1) is 0 Å². The molecule has 1 aromatic carbocycles. The largest absolute Gasteiger partial charge is 0.412 e. The maximum atomic E-state index is 11.1. The van der Waals surface area contributed by atoms with Crippen LogP contribution in [0.15, 0.2) is 30.9 Å². The number of aryl methyl sites for hydroxylation is 1. The highest BCUT2D eigenvalue weighted by Gasteiger charge is 2.20. The lowest BCUT2D eigenvalue weighted by Gasteiger charge is -2.29. The zero-order valence-corrected chi connectivity index (χ0v) is 11.5. The van der Waals surface area contributed by atoms with Gasteiger partial charge in [-0.1, -0.05) is 6.58 Å². The van der Waals surface area contributed by atoms with Gasteiger partial charge in [0.1, 0.15) is 18.0 Å². The average molecular weight is 249 g/mol. The molecular weight excluding hydrogens is 228 g/mol. The summed E-state index contributed by atoms with van der Waals surface area (Å²) in [6.07, 6.45) is 1.44. The lowest BCUT2D eigenvalue weighted by atomic mass is 10.1. The van der Waals surface area contributed by atoms with Crippen LogP contribution in [0.5, 0.6) is 5.75 Å². The zero-order valence-electron chi connectivity index (χ0n) is 11.5. The van der Waals surface area contributed by atoms with E-state index in [2.05, 4.69) is 26.0 Å². The number of amides is 1. The van der Waals surface area contributed by atoms with Crippen LogP contribution in [0.25, 0.3) is 0 Å². The summed E-state index contributed by atoms with van der Waals surface area (Å²) in [5.74, 6) is 0.550. The molecule has 4 nitrogen and oxygen atoms in total. The fraction of sp³-hybridized carbons (Fsp3) is 0.357. The standard InChI is InChI=1S/C14H20N2O2/c1-6-9-16(4,5)13-8-7-12(10-11(13)2)18-14(17)15-3/h6-8,10H,1,9H2,2-5H3/p+1. The first-order valence-electron chi connectivity index (χ1n) is 5.85. The monoisotopic (exact) mass is 249 g/mol. The molecule has 0 aliphatic rings. The predicted molar refractivity (Wildman–Crippen MR) is 75.0 cm³/mol. The second-order valence-electron chi connectivity index (χ2n) is 4.74. The minimum absolute atomic E-state index is 0.456. The summed E-state index contributed by atoms with van der Waals surface area (Å²) in [7, 11) is 5.76. The van der Waals surface area contributed by atoms with Crippen molar-refractivity contribution in [3.63, 3.8) is 0 Å². The van der Waals surface area contributed by atoms with Crippen molar-refractivity contribution in [2.45, 2.75) is 6.92 Å². The summed E-state index contributed by atoms with van der Waals surface area (Å²) in [5.41, 5.74) is 2.27. The fourth-order valence-electron chi connectivity index (χ4n) is 1.95. The summed E-state index contributed by atoms with van der Waals surface area (Å²) in [6, 6.07) is 5.66. The first-order chi connectivity index (χ1) is 8.40. The first-order valence-corrected chi connectivity index (χ1v) is 5.85. The highest BCUT2D eigenvalue weighted by molar-refractivity contribution is 5.70. The number of hydrogen-bond donors (Lipinski definition) is 1. The summed E-state index contributed by atoms with van der Waals surface area (Å²) >= 11 is 0. The van der Waals surface area contributed by atoms with Gasteiger partial charge in [0.2, 0.25) is 0 Å². The van der Waals surface area contributed by atoms with E-state index in [4.69, 9.17) is 4.74 Å². The number of rotatable bonds is 4. The smallest absolute Gasteiger partial charge is 0.410 e. The van der Waals surface area contributed by atoms with Crippen LogP contribution in [0, 0.1) is 6.92 Å². The molecule has 0 fully saturated rings. The van der Waals surface area contributed by atoms with Gasteiger partial charge in [-0.05, 0) is 25.1 Å². The number of quaternary nitrogens is 1. The first kappa shape index (κ1) is 14.3. The van der Waals surface area contributed by atoms with E-state index in [-0.39, 0.29) is 0 Å². The molecule has 0 heterocycles. The van der Waals surface area contributed by atoms with Gasteiger partial charge in [0, 0.05) is 18.7 Å². The summed E-state index contributed by atoms with van der Waals surface area (Å²) in [6.45, 7) is 6.63. The number of likely N-dealkylation sites (N-methyl/N-ethyl adjacent to an activating group) is 1. The molecule has 0 saturated carbocycles. The third kappa shape index (κ3) is 3.34. The molecule has 0 radical (unpaired) electrons. The van der Waals surface area contributed by atoms with Crippen LogP contribution < -0.4 is 14.5 Å². The Hall–Kier alpha value is -1.81. The molecule has 98 valence electrons. The van der Waals surface area contributed by atoms with E-state index in [0.717, 1.165) is 16.6 Å². The van der Waals surface area contributed by atoms with E-state index in [9.17, 15) is 4.79 Å². The quantitative estimate of drug-likeness (QED) is 0.657. The van der Waals surface area contributed by atoms with E-state index >= 15 is 0 Å². The van der Waals surface area contributed by atoms with Gasteiger partial charge in [-0.2, -0.15) is 0 Å². The minimum Gasteiger partial charge on any atom is -0.410 e. The SMILES string of the molecule is C=CC[N+](C)(C)c1ccc(OC(=O)NC)cc1C. The average Bonchev–Trinajstić information content (AvgIpc) is 2.28. The molecule has 0 aliphatic heterocycles. The van der Waals surface area contributed by atoms with Crippen molar-refractivity contribution >= 4 is 11.8 Å². The molecule has 4 heteroatoms. The summed E-state index contributed by atoms with van der Waals surface area (Å²) < 4.78 is 5.81. The van der Waals surface area contributed by atoms with Crippen LogP contribution >= 0.6 is 0 Å². The number of hydrogen-bond acceptors (Lipinski definition) is 2. The molecule has 0 spiro atoms. The molecule has 0 unspecified atom stereocenters. The normalized spacial score (nSPS) is 10.9. The van der Waals surface area contributed by atoms with Crippen molar-refractivity contribution in [2.24, 2.45) is 0 Å². The maximum absolute atomic E-state index is 11.1. The van der Waals surface area contributed by atoms with Crippen LogP contribution in [0.2, 0.25) is 0 Å². The Bertz CT molecular complexity index is 453. The van der Waals surface area contributed by atoms with Gasteiger partial charge in [-0.3, -0.25) is 4.48 Å². The fourth-order valence-corrected chi connectivity index (χ4v) is 1.95. The second kappa shape index (κ2) is 5.69. The molecule has 1 amide bonds. The Balaban J connectivity index is 2.99. The Morgan fingerprint density at radius 1 is 1.50 bits per heavy atom. The third-order valence-corrected chi connectivity index (χ3v) is 2.82. The molecule has 0 saturated heterocycles. The molecule has 1 aromatic rings. The topological polar surface area (TPSA) is 38.3 Å². The molecule has 0 atom stereocenters. The van der Waals surface area contributed by atoms with E-state index in [1.807, 2.05) is 25.1 Å². The van der Waals surface area contributed by atoms with Crippen molar-refractivity contribution in [3.05, 3.63) is 36.4 Å². The number of ether oxygens (including phenoxy) is 1. The second-order valence-corrected chi connectivity index (χ2v) is 4.74. The van der Waals surface area contributed by atoms with Gasteiger partial charge in [0.05, 0.1) is 14.1 Å². The van der Waals surface area contributed by atoms with Gasteiger partial charge in [-0.25, -0.2) is 4.79 Å². The lowest BCUT2D eigenvalue weighted by Crippen LogP contribution is -2.40. The van der Waals surface area contributed by atoms with E-state index in [1.54, 1.807) is 6.07 Å². The van der Waals surface area contributed by atoms with E-state index in [0.29, 0.717) is 5.75 Å². The Kier molecular flexibility index (Phi) is 4.50. The van der Waals surface area contributed by atoms with Gasteiger partial charge in [0.15, 0.2) is 0 Å². The third-order valence-electron chi connectivity index (χ3n) is 2.82. The highest BCUT2D eigenvalue weighted by atomic mass is 16.5. The molecule has 18 heavy (non-hydrogen) atoms. The highest BCUT2D eigenvalue weighted by Crippen LogP contribution is 2.27. The zero-order chi connectivity index (χ0) is 13.8. The molecule has 0 aromatic heterocycles. The lowest BCUT2D eigenvalue weighted by molar-refractivity contribution is 0.203. The van der Waals surface area contributed by atoms with Gasteiger partial charge < -0.3 is 10.1 Å². The van der Waals surface area contributed by atoms with Crippen LogP contribution in [0.4, 0.5) is 10.5 Å². The maximum Gasteiger partial charge on any atom is 0.412 e. The number of nitrogens with one attached hydrogen (secondary N) is 1. The summed E-state index contributed by atoms with van der Waals surface area (Å²) in [5, 5.41) is 2.42. The Morgan fingerprint density at radius 3 is 2.67 bits per heavy atom. The number of nitrogens with zero attached hydrogens (tertiary/aromatic N) is 1. The molecule has 1 rings (SSSR count). The van der Waals surface area contributed by atoms with Gasteiger partial charge in [0.25, 0.3) is 0 Å². The molecule has 0 bridgehead atoms. The Labute approximate surface area is 108 Å². The molecular formula is C14H21N2O2+. The molecule has 1 N–H and O–H groups in total. The number of benzene rings is 1. The van der Waals surface area contributed by atoms with Gasteiger partial charge >= 0.3 is 6.09 Å². The Morgan fingerprint density at radius 2 is 2.17 bits per heavy atom. The van der Waals surface area contributed by atoms with E-state index in [1.165, 1.54) is 12.7 Å². The minimum atomic E-state index is -0.456. The van der Waals surface area contributed by atoms with Crippen molar-refractivity contribution < 1.29 is 9.53 Å². The van der Waals surface area contributed by atoms with Crippen molar-refractivity contribution in [2.75, 3.05) is 27.7 Å². The number of carbonyl (C=O) groups is 1. The van der Waals surface area contributed by atoms with Crippen molar-refractivity contribution in [1.29, 1.82) is 0 Å². The van der Waals surface area contributed by atoms with Crippen molar-refractivity contribution in [3.8, 4) is 5.75 Å². The van der Waals surface area contributed by atoms with Crippen LogP contribution in [-0.4, -0.2) is 33.8 Å². The molecule has 0 aliphatic carbocycles. The number of carbonyl (C=O) groups excluding carboxylic acids is 1.